The Morgan fingerprint density at radius 3 is 1.00 bits per heavy atom. The number of rotatable bonds is 13. The van der Waals surface area contributed by atoms with E-state index in [0.29, 0.717) is 17.8 Å². The van der Waals surface area contributed by atoms with Crippen LogP contribution >= 0.6 is 0 Å². The van der Waals surface area contributed by atoms with E-state index in [4.69, 9.17) is 15.0 Å². The second-order valence-corrected chi connectivity index (χ2v) is 28.4. The van der Waals surface area contributed by atoms with Crippen molar-refractivity contribution in [1.29, 1.82) is 0 Å². The Morgan fingerprint density at radius 1 is 0.252 bits per heavy atom. The molecule has 0 amide bonds. The monoisotopic (exact) mass is 1430 g/mol. The second-order valence-electron chi connectivity index (χ2n) is 28.4. The van der Waals surface area contributed by atoms with E-state index in [9.17, 15) is 0 Å². The zero-order valence-corrected chi connectivity index (χ0v) is 61.6. The molecule has 0 bridgehead atoms. The first kappa shape index (κ1) is 68.1. The molecule has 0 spiro atoms. The molecule has 0 N–H and O–H groups in total. The molecule has 0 radical (unpaired) electrons. The first-order chi connectivity index (χ1) is 54.6. The van der Waals surface area contributed by atoms with Crippen molar-refractivity contribution in [3.8, 4) is 85.9 Å². The Labute approximate surface area is 642 Å². The molecule has 0 atom stereocenters. The highest BCUT2D eigenvalue weighted by molar-refractivity contribution is 6.12. The summed E-state index contributed by atoms with van der Waals surface area (Å²) >= 11 is 0. The van der Waals surface area contributed by atoms with Crippen LogP contribution in [0.25, 0.3) is 180 Å². The molecule has 111 heavy (non-hydrogen) atoms. The van der Waals surface area contributed by atoms with Crippen LogP contribution in [0.4, 0.5) is 0 Å². The normalized spacial score (nSPS) is 11.5. The summed E-state index contributed by atoms with van der Waals surface area (Å²) in [5.74, 6) is 4.94. The van der Waals surface area contributed by atoms with Crippen molar-refractivity contribution in [3.05, 3.63) is 382 Å². The molecular weight excluding hydrogens is 1360 g/mol. The van der Waals surface area contributed by atoms with Gasteiger partial charge < -0.3 is 0 Å². The number of para-hydroxylation sites is 6. The lowest BCUT2D eigenvalue weighted by Crippen LogP contribution is -2.13. The molecule has 20 rings (SSSR count). The Bertz CT molecular complexity index is 6650. The zero-order valence-electron chi connectivity index (χ0n) is 61.6. The van der Waals surface area contributed by atoms with Crippen LogP contribution in [0, 0.1) is 0 Å². The van der Waals surface area contributed by atoms with Crippen molar-refractivity contribution in [1.82, 2.24) is 58.2 Å². The molecule has 12 nitrogen and oxygen atoms in total. The summed E-state index contributed by atoms with van der Waals surface area (Å²) in [4.78, 5) is 15.9. The van der Waals surface area contributed by atoms with Crippen LogP contribution < -0.4 is 0 Å². The van der Waals surface area contributed by atoms with Crippen LogP contribution in [-0.4, -0.2) is 58.2 Å². The average molecular weight is 1430 g/mol. The minimum atomic E-state index is 0.102. The van der Waals surface area contributed by atoms with E-state index in [1.54, 1.807) is 0 Å². The fourth-order valence-electron chi connectivity index (χ4n) is 15.1. The van der Waals surface area contributed by atoms with Crippen LogP contribution in [0.2, 0.25) is 0 Å². The molecule has 6 heterocycles. The molecule has 0 aliphatic heterocycles. The van der Waals surface area contributed by atoms with Gasteiger partial charge in [-0.15, -0.1) is 20.4 Å². The minimum Gasteiger partial charge on any atom is -0.278 e. The van der Waals surface area contributed by atoms with Crippen LogP contribution in [-0.2, 0) is 5.41 Å². The molecule has 0 aliphatic rings. The summed E-state index contributed by atoms with van der Waals surface area (Å²) < 4.78 is 10.8. The number of hydrogen-bond acceptors (Lipinski definition) is 7. The molecular formula is C99H74N12. The van der Waals surface area contributed by atoms with E-state index >= 15 is 0 Å². The van der Waals surface area contributed by atoms with Crippen molar-refractivity contribution < 1.29 is 0 Å². The minimum absolute atomic E-state index is 0.102. The lowest BCUT2D eigenvalue weighted by Gasteiger charge is -2.19. The summed E-state index contributed by atoms with van der Waals surface area (Å²) in [7, 11) is 0. The van der Waals surface area contributed by atoms with Gasteiger partial charge in [-0.1, -0.05) is 338 Å². The zero-order chi connectivity index (χ0) is 75.1. The van der Waals surface area contributed by atoms with Crippen LogP contribution in [0.5, 0.6) is 0 Å². The van der Waals surface area contributed by atoms with E-state index in [2.05, 4.69) is 375 Å². The molecule has 530 valence electrons. The van der Waals surface area contributed by atoms with Crippen LogP contribution in [0.3, 0.4) is 0 Å². The smallest absolute Gasteiger partial charge is 0.241 e. The van der Waals surface area contributed by atoms with E-state index in [1.807, 2.05) is 66.8 Å². The summed E-state index contributed by atoms with van der Waals surface area (Å²) in [6, 6.07) is 118. The Morgan fingerprint density at radius 2 is 0.568 bits per heavy atom. The van der Waals surface area contributed by atoms with Gasteiger partial charge in [0.1, 0.15) is 0 Å². The van der Waals surface area contributed by atoms with Gasteiger partial charge in [-0.05, 0) is 105 Å². The quantitative estimate of drug-likeness (QED) is 0.113. The molecule has 20 aromatic rings. The third kappa shape index (κ3) is 12.6. The molecule has 6 aromatic heterocycles. The SMILES string of the molecule is C=Cc1ccc(-c2ccc(-c3nnc(-c4ccc(C(C)(C)C)cc4)n3-c3ccccc3)cc2)cc1.C=Cc1ccc(-c2nnc(-c3ccccc3)n2-c2cccc3ccccc23)cc1.C=Cc1ccc2c(c1)c1ccccc1n2-c1nc(-n2c3ccccc3c3ccccc32)nc(-n2c3ccccc3c3ccccc32)n1. The van der Waals surface area contributed by atoms with Gasteiger partial charge in [-0.3, -0.25) is 22.8 Å². The predicted molar refractivity (Wildman–Crippen MR) is 459 cm³/mol. The standard InChI is InChI=1S/C41H26N6.C32H29N3.C26H19N3/c1-2-26-23-24-38-32(25-26)31-17-7-12-22-37(31)47(38)41-43-39(45-33-18-8-3-13-27(33)28-14-4-9-19-34(28)45)42-40(44-41)46-35-20-10-5-15-29(35)30-16-6-11-21-36(30)46;1-5-23-11-13-24(14-12-23)25-15-17-26(18-16-25)30-33-34-31(35(30)29-9-7-6-8-10-29)27-19-21-28(22-20-27)32(2,3)4;1-2-19-15-17-22(18-16-19)26-28-27-25(21-10-4-3-5-11-21)29(26)24-14-8-12-20-9-6-7-13-23(20)24/h2-25H,1H2;5-22H,1H2,2-4H3;2-18H,1H2. The van der Waals surface area contributed by atoms with E-state index in [-0.39, 0.29) is 5.41 Å². The van der Waals surface area contributed by atoms with E-state index < -0.39 is 0 Å². The highest BCUT2D eigenvalue weighted by Crippen LogP contribution is 2.39. The first-order valence-corrected chi connectivity index (χ1v) is 37.1. The molecule has 0 saturated carbocycles. The van der Waals surface area contributed by atoms with Crippen LogP contribution in [0.15, 0.2) is 359 Å². The number of nitrogens with zero attached hydrogens (tertiary/aromatic N) is 12. The van der Waals surface area contributed by atoms with Crippen molar-refractivity contribution in [2.24, 2.45) is 0 Å². The van der Waals surface area contributed by atoms with Gasteiger partial charge in [0.25, 0.3) is 0 Å². The number of benzene rings is 14. The maximum Gasteiger partial charge on any atom is 0.241 e. The van der Waals surface area contributed by atoms with Crippen molar-refractivity contribution in [3.63, 3.8) is 0 Å². The summed E-state index contributed by atoms with van der Waals surface area (Å²) in [6.45, 7) is 18.4. The maximum absolute atomic E-state index is 5.30. The fourth-order valence-corrected chi connectivity index (χ4v) is 15.1. The Kier molecular flexibility index (Phi) is 17.7. The molecule has 0 unspecified atom stereocenters. The van der Waals surface area contributed by atoms with E-state index in [0.717, 1.165) is 150 Å². The maximum atomic E-state index is 5.30. The predicted octanol–water partition coefficient (Wildman–Crippen LogP) is 24.4. The van der Waals surface area contributed by atoms with Crippen molar-refractivity contribution in [2.75, 3.05) is 0 Å². The number of aromatic nitrogens is 12. The van der Waals surface area contributed by atoms with Gasteiger partial charge >= 0.3 is 0 Å². The Hall–Kier alpha value is -14.8. The van der Waals surface area contributed by atoms with Crippen molar-refractivity contribution in [2.45, 2.75) is 26.2 Å². The van der Waals surface area contributed by atoms with Gasteiger partial charge in [-0.2, -0.15) is 15.0 Å². The molecule has 0 saturated heterocycles. The molecule has 0 aliphatic carbocycles. The largest absolute Gasteiger partial charge is 0.278 e. The lowest BCUT2D eigenvalue weighted by atomic mass is 9.86. The fraction of sp³-hybridized carbons (Fsp3) is 0.0404. The third-order valence-electron chi connectivity index (χ3n) is 20.7. The lowest BCUT2D eigenvalue weighted by molar-refractivity contribution is 0.590. The van der Waals surface area contributed by atoms with Crippen molar-refractivity contribution >= 4 is 94.4 Å². The number of fused-ring (bicyclic) bond motifs is 10. The number of hydrogen-bond donors (Lipinski definition) is 0. The second kappa shape index (κ2) is 28.9. The Balaban J connectivity index is 0.000000121. The van der Waals surface area contributed by atoms with Gasteiger partial charge in [0.15, 0.2) is 23.3 Å². The van der Waals surface area contributed by atoms with Gasteiger partial charge in [0.05, 0.1) is 38.8 Å². The summed E-state index contributed by atoms with van der Waals surface area (Å²) in [6.07, 6.45) is 5.58. The van der Waals surface area contributed by atoms with E-state index in [1.165, 1.54) is 16.5 Å². The average Bonchev–Trinajstić information content (AvgIpc) is 1.58. The highest BCUT2D eigenvalue weighted by atomic mass is 15.3. The molecule has 12 heteroatoms. The van der Waals surface area contributed by atoms with Gasteiger partial charge in [0, 0.05) is 65.6 Å². The topological polar surface area (TPSA) is 115 Å². The molecule has 0 fully saturated rings. The van der Waals surface area contributed by atoms with Crippen LogP contribution in [0.1, 0.15) is 43.0 Å². The highest BCUT2D eigenvalue weighted by Gasteiger charge is 2.25. The summed E-state index contributed by atoms with van der Waals surface area (Å²) in [5, 5.41) is 27.6. The third-order valence-corrected chi connectivity index (χ3v) is 20.7. The summed E-state index contributed by atoms with van der Waals surface area (Å²) in [5.41, 5.74) is 19.4. The van der Waals surface area contributed by atoms with Gasteiger partial charge in [0.2, 0.25) is 17.8 Å². The van der Waals surface area contributed by atoms with Gasteiger partial charge in [-0.25, -0.2) is 0 Å². The molecule has 14 aromatic carbocycles. The first-order valence-electron chi connectivity index (χ1n) is 37.1.